The average molecular weight is 429 g/mol. The van der Waals surface area contributed by atoms with Crippen molar-refractivity contribution >= 4 is 29.3 Å². The zero-order chi connectivity index (χ0) is 22.1. The second kappa shape index (κ2) is 8.35. The summed E-state index contributed by atoms with van der Waals surface area (Å²) in [6, 6.07) is 7.64. The van der Waals surface area contributed by atoms with Gasteiger partial charge >= 0.3 is 0 Å². The highest BCUT2D eigenvalue weighted by Gasteiger charge is 2.41. The number of allylic oxidation sites excluding steroid dienone is 1. The van der Waals surface area contributed by atoms with E-state index in [-0.39, 0.29) is 29.3 Å². The first-order chi connectivity index (χ1) is 15.0. The summed E-state index contributed by atoms with van der Waals surface area (Å²) >= 11 is 0. The first-order valence-electron chi connectivity index (χ1n) is 9.89. The van der Waals surface area contributed by atoms with E-state index in [4.69, 9.17) is 4.74 Å². The van der Waals surface area contributed by atoms with Crippen LogP contribution in [0.15, 0.2) is 47.9 Å². The molecule has 0 spiro atoms. The van der Waals surface area contributed by atoms with Crippen LogP contribution < -0.4 is 14.7 Å². The first-order valence-corrected chi connectivity index (χ1v) is 9.89. The molecule has 0 radical (unpaired) electrons. The number of phenols is 1. The van der Waals surface area contributed by atoms with Crippen LogP contribution in [0.3, 0.4) is 0 Å². The van der Waals surface area contributed by atoms with Crippen LogP contribution in [-0.2, 0) is 14.3 Å². The van der Waals surface area contributed by atoms with Crippen molar-refractivity contribution in [2.24, 2.45) is 0 Å². The van der Waals surface area contributed by atoms with Crippen LogP contribution in [-0.4, -0.2) is 43.6 Å². The molecule has 0 fully saturated rings. The van der Waals surface area contributed by atoms with E-state index < -0.39 is 11.6 Å². The summed E-state index contributed by atoms with van der Waals surface area (Å²) in [5, 5.41) is 9.52. The van der Waals surface area contributed by atoms with Gasteiger partial charge < -0.3 is 19.6 Å². The number of halogens is 2. The standard InChI is InChI=1S/C22H21F2N3O4/c1-2-31-10-9-26-19-11-14(23)3-5-18(19)25-8-7-20(30)21(22(25)26)27(13-28)17-6-4-15(29)12-16(17)24/h3-6,11-13,29H,2,7-10H2,1H3. The minimum atomic E-state index is -0.854. The predicted molar refractivity (Wildman–Crippen MR) is 111 cm³/mol. The zero-order valence-electron chi connectivity index (χ0n) is 16.8. The molecule has 9 heteroatoms. The van der Waals surface area contributed by atoms with E-state index in [1.165, 1.54) is 24.3 Å². The summed E-state index contributed by atoms with van der Waals surface area (Å²) in [4.78, 5) is 29.5. The molecule has 2 aliphatic heterocycles. The Bertz CT molecular complexity index is 1070. The molecule has 0 unspecified atom stereocenters. The quantitative estimate of drug-likeness (QED) is 0.539. The number of ketones is 1. The van der Waals surface area contributed by atoms with E-state index in [2.05, 4.69) is 0 Å². The van der Waals surface area contributed by atoms with Crippen molar-refractivity contribution in [1.82, 2.24) is 0 Å². The predicted octanol–water partition coefficient (Wildman–Crippen LogP) is 3.14. The van der Waals surface area contributed by atoms with Gasteiger partial charge in [-0.25, -0.2) is 8.78 Å². The molecule has 7 nitrogen and oxygen atoms in total. The lowest BCUT2D eigenvalue weighted by atomic mass is 10.1. The Morgan fingerprint density at radius 3 is 2.71 bits per heavy atom. The molecule has 0 aliphatic carbocycles. The van der Waals surface area contributed by atoms with Crippen molar-refractivity contribution in [3.63, 3.8) is 0 Å². The number of rotatable bonds is 7. The van der Waals surface area contributed by atoms with E-state index in [1.807, 2.05) is 11.8 Å². The molecular weight excluding hydrogens is 408 g/mol. The Morgan fingerprint density at radius 1 is 1.19 bits per heavy atom. The molecule has 2 heterocycles. The molecule has 0 atom stereocenters. The van der Waals surface area contributed by atoms with Crippen LogP contribution in [0.25, 0.3) is 0 Å². The van der Waals surface area contributed by atoms with Gasteiger partial charge in [0.25, 0.3) is 0 Å². The summed E-state index contributed by atoms with van der Waals surface area (Å²) in [7, 11) is 0. The van der Waals surface area contributed by atoms with E-state index in [9.17, 15) is 23.5 Å². The Balaban J connectivity index is 1.89. The van der Waals surface area contributed by atoms with Crippen molar-refractivity contribution < 1.29 is 28.2 Å². The second-order valence-corrected chi connectivity index (χ2v) is 7.09. The molecule has 0 saturated carbocycles. The Kier molecular flexibility index (Phi) is 5.60. The molecule has 0 saturated heterocycles. The topological polar surface area (TPSA) is 73.3 Å². The maximum atomic E-state index is 14.6. The van der Waals surface area contributed by atoms with E-state index in [0.29, 0.717) is 49.9 Å². The fraction of sp³-hybridized carbons (Fsp3) is 0.273. The number of fused-ring (bicyclic) bond motifs is 3. The third-order valence-electron chi connectivity index (χ3n) is 5.27. The SMILES string of the molecule is CCOCCN1C2=C(N(C=O)c3ccc(O)cc3F)C(=O)CCN2c2ccc(F)cc21. The fourth-order valence-electron chi connectivity index (χ4n) is 3.94. The number of ether oxygens (including phenoxy) is 1. The fourth-order valence-corrected chi connectivity index (χ4v) is 3.94. The molecule has 0 aromatic heterocycles. The highest BCUT2D eigenvalue weighted by molar-refractivity contribution is 6.08. The Labute approximate surface area is 177 Å². The number of anilines is 3. The van der Waals surface area contributed by atoms with Crippen molar-refractivity contribution in [1.29, 1.82) is 0 Å². The summed E-state index contributed by atoms with van der Waals surface area (Å²) in [6.07, 6.45) is 0.461. The molecule has 162 valence electrons. The number of benzene rings is 2. The van der Waals surface area contributed by atoms with Crippen LogP contribution in [0.5, 0.6) is 5.75 Å². The van der Waals surface area contributed by atoms with E-state index in [0.717, 1.165) is 11.0 Å². The minimum Gasteiger partial charge on any atom is -0.508 e. The van der Waals surface area contributed by atoms with Gasteiger partial charge in [-0.2, -0.15) is 0 Å². The summed E-state index contributed by atoms with van der Waals surface area (Å²) < 4.78 is 34.1. The summed E-state index contributed by atoms with van der Waals surface area (Å²) in [5.74, 6) is -1.57. The number of carbonyl (C=O) groups excluding carboxylic acids is 2. The van der Waals surface area contributed by atoms with Gasteiger partial charge in [-0.05, 0) is 37.3 Å². The smallest absolute Gasteiger partial charge is 0.219 e. The normalized spacial score (nSPS) is 15.3. The molecule has 31 heavy (non-hydrogen) atoms. The number of aromatic hydroxyl groups is 1. The largest absolute Gasteiger partial charge is 0.508 e. The van der Waals surface area contributed by atoms with Gasteiger partial charge in [0.15, 0.2) is 11.6 Å². The van der Waals surface area contributed by atoms with Gasteiger partial charge in [-0.1, -0.05) is 0 Å². The Morgan fingerprint density at radius 2 is 2.00 bits per heavy atom. The molecule has 1 N–H and O–H groups in total. The van der Waals surface area contributed by atoms with Crippen LogP contribution in [0, 0.1) is 11.6 Å². The number of Topliss-reactive ketones (excluding diaryl/α,β-unsaturated/α-hetero) is 1. The molecule has 2 aromatic rings. The lowest BCUT2D eigenvalue weighted by molar-refractivity contribution is -0.117. The van der Waals surface area contributed by atoms with Gasteiger partial charge in [-0.3, -0.25) is 14.5 Å². The molecule has 1 amide bonds. The maximum absolute atomic E-state index is 14.6. The van der Waals surface area contributed by atoms with E-state index in [1.54, 1.807) is 11.0 Å². The number of carbonyl (C=O) groups is 2. The third kappa shape index (κ3) is 3.61. The molecule has 2 aliphatic rings. The number of amides is 1. The number of nitrogens with zero attached hydrogens (tertiary/aromatic N) is 3. The minimum absolute atomic E-state index is 0.0149. The van der Waals surface area contributed by atoms with Gasteiger partial charge in [0.1, 0.15) is 23.1 Å². The van der Waals surface area contributed by atoms with Crippen molar-refractivity contribution in [3.8, 4) is 5.75 Å². The lowest BCUT2D eigenvalue weighted by Crippen LogP contribution is -2.43. The highest BCUT2D eigenvalue weighted by Crippen LogP contribution is 2.45. The van der Waals surface area contributed by atoms with Crippen molar-refractivity contribution in [2.45, 2.75) is 13.3 Å². The van der Waals surface area contributed by atoms with Crippen molar-refractivity contribution in [2.75, 3.05) is 41.0 Å². The van der Waals surface area contributed by atoms with Crippen LogP contribution in [0.1, 0.15) is 13.3 Å². The monoisotopic (exact) mass is 429 g/mol. The van der Waals surface area contributed by atoms with Crippen LogP contribution in [0.4, 0.5) is 25.8 Å². The van der Waals surface area contributed by atoms with Gasteiger partial charge in [0.2, 0.25) is 6.41 Å². The zero-order valence-corrected chi connectivity index (χ0v) is 16.8. The van der Waals surface area contributed by atoms with Crippen LogP contribution in [0.2, 0.25) is 0 Å². The number of phenolic OH excluding ortho intramolecular Hbond substituents is 1. The van der Waals surface area contributed by atoms with Gasteiger partial charge in [-0.15, -0.1) is 0 Å². The van der Waals surface area contributed by atoms with E-state index >= 15 is 0 Å². The van der Waals surface area contributed by atoms with Crippen LogP contribution >= 0.6 is 0 Å². The number of hydrogen-bond donors (Lipinski definition) is 1. The molecule has 2 aromatic carbocycles. The Hall–Kier alpha value is -3.46. The summed E-state index contributed by atoms with van der Waals surface area (Å²) in [6.45, 7) is 3.28. The third-order valence-corrected chi connectivity index (χ3v) is 5.27. The number of hydrogen-bond acceptors (Lipinski definition) is 6. The lowest BCUT2D eigenvalue weighted by Gasteiger charge is -2.34. The first kappa shape index (κ1) is 20.8. The molecule has 0 bridgehead atoms. The second-order valence-electron chi connectivity index (χ2n) is 7.09. The molecule has 4 rings (SSSR count). The van der Waals surface area contributed by atoms with Gasteiger partial charge in [0.05, 0.1) is 23.7 Å². The average Bonchev–Trinajstić information content (AvgIpc) is 3.04. The summed E-state index contributed by atoms with van der Waals surface area (Å²) in [5.41, 5.74) is 1.05. The molecular formula is C22H21F2N3O4. The highest BCUT2D eigenvalue weighted by atomic mass is 19.1. The maximum Gasteiger partial charge on any atom is 0.219 e. The van der Waals surface area contributed by atoms with Gasteiger partial charge in [0, 0.05) is 32.2 Å². The van der Waals surface area contributed by atoms with Crippen molar-refractivity contribution in [3.05, 3.63) is 59.6 Å².